The van der Waals surface area contributed by atoms with Crippen LogP contribution in [0.4, 0.5) is 10.5 Å². The summed E-state index contributed by atoms with van der Waals surface area (Å²) in [6.45, 7) is 18.4. The third kappa shape index (κ3) is 15.1. The first-order chi connectivity index (χ1) is 26.4. The molecule has 0 radical (unpaired) electrons. The van der Waals surface area contributed by atoms with Crippen molar-refractivity contribution < 1.29 is 42.4 Å². The highest BCUT2D eigenvalue weighted by Crippen LogP contribution is 2.50. The van der Waals surface area contributed by atoms with E-state index in [4.69, 9.17) is 44.4 Å². The van der Waals surface area contributed by atoms with Crippen LogP contribution < -0.4 is 9.64 Å². The van der Waals surface area contributed by atoms with Gasteiger partial charge in [0.05, 0.1) is 55.5 Å². The Hall–Kier alpha value is -1.81. The average Bonchev–Trinajstić information content (AvgIpc) is 3.15. The Morgan fingerprint density at radius 2 is 1.77 bits per heavy atom. The number of nitrogens with zero attached hydrogens (tertiary/aromatic N) is 1. The molecule has 1 saturated heterocycles. The third-order valence-electron chi connectivity index (χ3n) is 10.4. The average molecular weight is 859 g/mol. The second kappa shape index (κ2) is 24.3. The number of benzene rings is 1. The molecule has 14 heteroatoms. The fourth-order valence-electron chi connectivity index (χ4n) is 6.05. The second-order valence-electron chi connectivity index (χ2n) is 15.7. The van der Waals surface area contributed by atoms with Gasteiger partial charge in [0.15, 0.2) is 8.32 Å². The molecule has 1 heterocycles. The molecular weight excluding hydrogens is 790 g/mol. The van der Waals surface area contributed by atoms with Gasteiger partial charge in [0, 0.05) is 40.0 Å². The molecule has 56 heavy (non-hydrogen) atoms. The lowest BCUT2D eigenvalue weighted by atomic mass is 9.94. The predicted molar refractivity (Wildman–Crippen MR) is 236 cm³/mol. The quantitative estimate of drug-likeness (QED) is 0.0263. The summed E-state index contributed by atoms with van der Waals surface area (Å²) >= 11 is 10.4. The standard InChI is InChI=1S/C42H68ClNO9S2Si/c1-30(24-33-26-34(44(7)40(46)50-11)39(43)36(27-33)48-9)16-14-17-38(49-10)42(54-22-15-23-55-42)28-37(52-29-51-21-20-47-8)32(3)25-31(2)35(18-19-45)53-56(12,13)41(4,5)6/h14,16-17,19,25-27,32,35,37-38H,15,18,20-24,28-29H2,1-13H3/b17-14+,30-16+,31-25+/t32-,35-,37-,38+/m0/s1. The summed E-state index contributed by atoms with van der Waals surface area (Å²) in [6, 6.07) is 3.76. The van der Waals surface area contributed by atoms with Crippen molar-refractivity contribution in [2.45, 2.75) is 108 Å². The number of rotatable bonds is 23. The SMILES string of the molecule is COCCOCO[C@@H](CC1([C@@H](/C=C/C=C(\C)Cc2cc(OC)c(Cl)c(N(C)C(=O)OC)c2)OC)SCCCS1)[C@@H](C)/C=C(\C)[C@H](CC=O)O[Si](C)(C)C(C)(C)C. The number of amides is 1. The van der Waals surface area contributed by atoms with Crippen LogP contribution in [0, 0.1) is 5.92 Å². The van der Waals surface area contributed by atoms with Crippen LogP contribution in [0.1, 0.15) is 66.4 Å². The fraction of sp³-hybridized carbons (Fsp3) is 0.667. The summed E-state index contributed by atoms with van der Waals surface area (Å²) in [5.41, 5.74) is 3.57. The topological polar surface area (TPSA) is 102 Å². The van der Waals surface area contributed by atoms with Gasteiger partial charge in [0.1, 0.15) is 23.9 Å². The molecule has 318 valence electrons. The molecule has 0 N–H and O–H groups in total. The van der Waals surface area contributed by atoms with Crippen LogP contribution in [0.2, 0.25) is 23.2 Å². The molecule has 2 rings (SSSR count). The number of halogens is 1. The van der Waals surface area contributed by atoms with Crippen molar-refractivity contribution in [3.8, 4) is 5.75 Å². The zero-order valence-electron chi connectivity index (χ0n) is 36.0. The molecule has 0 unspecified atom stereocenters. The van der Waals surface area contributed by atoms with Crippen molar-refractivity contribution in [3.63, 3.8) is 0 Å². The largest absolute Gasteiger partial charge is 0.495 e. The van der Waals surface area contributed by atoms with Gasteiger partial charge in [-0.05, 0) is 79.6 Å². The molecule has 0 bridgehead atoms. The maximum atomic E-state index is 12.3. The van der Waals surface area contributed by atoms with Gasteiger partial charge in [0.25, 0.3) is 0 Å². The summed E-state index contributed by atoms with van der Waals surface area (Å²) in [7, 11) is 5.78. The molecular formula is C42H68ClNO9S2Si. The molecule has 1 aliphatic heterocycles. The Bertz CT molecular complexity index is 1480. The number of allylic oxidation sites excluding steroid dienone is 3. The number of methoxy groups -OCH3 is 4. The minimum atomic E-state index is -2.14. The highest BCUT2D eigenvalue weighted by atomic mass is 35.5. The van der Waals surface area contributed by atoms with E-state index in [2.05, 4.69) is 78.9 Å². The van der Waals surface area contributed by atoms with Crippen molar-refractivity contribution in [2.75, 3.05) is 71.9 Å². The second-order valence-corrected chi connectivity index (χ2v) is 24.0. The van der Waals surface area contributed by atoms with Crippen LogP contribution in [-0.2, 0) is 39.3 Å². The normalized spacial score (nSPS) is 17.7. The van der Waals surface area contributed by atoms with E-state index in [1.165, 1.54) is 12.0 Å². The van der Waals surface area contributed by atoms with Crippen molar-refractivity contribution in [1.82, 2.24) is 0 Å². The Labute approximate surface area is 351 Å². The van der Waals surface area contributed by atoms with E-state index in [1.54, 1.807) is 28.4 Å². The van der Waals surface area contributed by atoms with Crippen LogP contribution in [0.3, 0.4) is 0 Å². The van der Waals surface area contributed by atoms with Crippen LogP contribution in [0.5, 0.6) is 5.75 Å². The van der Waals surface area contributed by atoms with E-state index in [1.807, 2.05) is 35.7 Å². The monoisotopic (exact) mass is 857 g/mol. The van der Waals surface area contributed by atoms with Crippen molar-refractivity contribution in [3.05, 3.63) is 58.2 Å². The fourth-order valence-corrected chi connectivity index (χ4v) is 11.2. The summed E-state index contributed by atoms with van der Waals surface area (Å²) in [5.74, 6) is 2.49. The number of anilines is 1. The van der Waals surface area contributed by atoms with E-state index in [9.17, 15) is 9.59 Å². The highest BCUT2D eigenvalue weighted by molar-refractivity contribution is 8.18. The Kier molecular flexibility index (Phi) is 21.9. The van der Waals surface area contributed by atoms with Crippen LogP contribution >= 0.6 is 35.1 Å². The van der Waals surface area contributed by atoms with Crippen molar-refractivity contribution in [2.24, 2.45) is 5.92 Å². The summed E-state index contributed by atoms with van der Waals surface area (Å²) in [6.07, 6.45) is 11.0. The van der Waals surface area contributed by atoms with Gasteiger partial charge < -0.3 is 37.6 Å². The summed E-state index contributed by atoms with van der Waals surface area (Å²) in [5, 5.41) is 0.351. The van der Waals surface area contributed by atoms with Crippen LogP contribution in [-0.4, -0.2) is 110 Å². The molecule has 0 aliphatic carbocycles. The molecule has 0 saturated carbocycles. The van der Waals surface area contributed by atoms with Crippen molar-refractivity contribution in [1.29, 1.82) is 0 Å². The number of thioether (sulfide) groups is 2. The Morgan fingerprint density at radius 3 is 2.34 bits per heavy atom. The molecule has 4 atom stereocenters. The van der Waals surface area contributed by atoms with Crippen molar-refractivity contribution >= 4 is 61.5 Å². The molecule has 1 aliphatic rings. The van der Waals surface area contributed by atoms with Crippen LogP contribution in [0.25, 0.3) is 0 Å². The third-order valence-corrected chi connectivity index (χ3v) is 18.7. The number of carbonyl (C=O) groups excluding carboxylic acids is 2. The van der Waals surface area contributed by atoms with E-state index in [0.29, 0.717) is 48.9 Å². The van der Waals surface area contributed by atoms with E-state index in [-0.39, 0.29) is 40.1 Å². The lowest BCUT2D eigenvalue weighted by Crippen LogP contribution is -2.45. The highest BCUT2D eigenvalue weighted by Gasteiger charge is 2.44. The lowest BCUT2D eigenvalue weighted by molar-refractivity contribution is -0.111. The Balaban J connectivity index is 2.43. The zero-order valence-corrected chi connectivity index (χ0v) is 39.4. The number of ether oxygens (including phenoxy) is 6. The first-order valence-electron chi connectivity index (χ1n) is 19.2. The molecule has 0 spiro atoms. The van der Waals surface area contributed by atoms with E-state index >= 15 is 0 Å². The molecule has 0 aromatic heterocycles. The predicted octanol–water partition coefficient (Wildman–Crippen LogP) is 10.1. The number of hydrogen-bond acceptors (Lipinski definition) is 11. The number of aldehydes is 1. The van der Waals surface area contributed by atoms with Gasteiger partial charge in [0.2, 0.25) is 0 Å². The summed E-state index contributed by atoms with van der Waals surface area (Å²) in [4.78, 5) is 25.5. The van der Waals surface area contributed by atoms with E-state index in [0.717, 1.165) is 40.9 Å². The van der Waals surface area contributed by atoms with Gasteiger partial charge in [-0.1, -0.05) is 69.2 Å². The van der Waals surface area contributed by atoms with Crippen LogP contribution in [0.15, 0.2) is 47.6 Å². The minimum absolute atomic E-state index is 0.0127. The number of carbonyl (C=O) groups is 2. The maximum absolute atomic E-state index is 12.3. The minimum Gasteiger partial charge on any atom is -0.495 e. The number of hydrogen-bond donors (Lipinski definition) is 0. The molecule has 1 aromatic rings. The van der Waals surface area contributed by atoms with Gasteiger partial charge in [-0.2, -0.15) is 0 Å². The Morgan fingerprint density at radius 1 is 1.09 bits per heavy atom. The molecule has 1 amide bonds. The smallest absolute Gasteiger partial charge is 0.413 e. The van der Waals surface area contributed by atoms with Gasteiger partial charge >= 0.3 is 6.09 Å². The molecule has 1 fully saturated rings. The molecule has 1 aromatic carbocycles. The van der Waals surface area contributed by atoms with E-state index < -0.39 is 14.4 Å². The lowest BCUT2D eigenvalue weighted by Gasteiger charge is -2.43. The zero-order chi connectivity index (χ0) is 42.1. The first kappa shape index (κ1) is 50.3. The maximum Gasteiger partial charge on any atom is 0.413 e. The first-order valence-corrected chi connectivity index (χ1v) is 24.5. The van der Waals surface area contributed by atoms with Gasteiger partial charge in [-0.25, -0.2) is 4.79 Å². The van der Waals surface area contributed by atoms with Gasteiger partial charge in [-0.3, -0.25) is 4.90 Å². The summed E-state index contributed by atoms with van der Waals surface area (Å²) < 4.78 is 40.7. The van der Waals surface area contributed by atoms with Gasteiger partial charge in [-0.15, -0.1) is 23.5 Å². The molecule has 10 nitrogen and oxygen atoms in total.